The number of hydrogen-bond acceptors (Lipinski definition) is 1. The highest BCUT2D eigenvalue weighted by atomic mass is 15.0. The Morgan fingerprint density at radius 1 is 0.684 bits per heavy atom. The quantitative estimate of drug-likeness (QED) is 0.728. The van der Waals surface area contributed by atoms with Crippen LogP contribution in [0.25, 0.3) is 0 Å². The van der Waals surface area contributed by atoms with Crippen LogP contribution in [0.5, 0.6) is 0 Å². The molecule has 2 saturated carbocycles. The summed E-state index contributed by atoms with van der Waals surface area (Å²) in [5.41, 5.74) is 1.60. The largest absolute Gasteiger partial charge is 0.311 e. The zero-order chi connectivity index (χ0) is 14.3. The Balaban J connectivity index is 1.89. The summed E-state index contributed by atoms with van der Waals surface area (Å²) in [6.07, 6.45) is 9.63. The molecule has 0 bridgehead atoms. The van der Waals surface area contributed by atoms with Crippen molar-refractivity contribution in [1.82, 2.24) is 5.32 Å². The van der Waals surface area contributed by atoms with Crippen molar-refractivity contribution in [1.29, 1.82) is 0 Å². The van der Waals surface area contributed by atoms with Crippen LogP contribution in [0.4, 0.5) is 0 Å². The maximum absolute atomic E-state index is 4.01. The van der Waals surface area contributed by atoms with E-state index in [0.717, 1.165) is 12.1 Å². The second-order valence-electron chi connectivity index (χ2n) is 9.72. The number of rotatable bonds is 2. The lowest BCUT2D eigenvalue weighted by Crippen LogP contribution is -2.48. The standard InChI is InChI=1S/C18H35N/c1-16(2)9-7-14(8-10-16)19-15-11-17(3,4)13-18(5,6)12-15/h14-15,19H,7-13H2,1-6H3. The highest BCUT2D eigenvalue weighted by molar-refractivity contribution is 4.94. The van der Waals surface area contributed by atoms with Crippen LogP contribution in [0.3, 0.4) is 0 Å². The summed E-state index contributed by atoms with van der Waals surface area (Å²) in [4.78, 5) is 0. The summed E-state index contributed by atoms with van der Waals surface area (Å²) in [5.74, 6) is 0. The summed E-state index contributed by atoms with van der Waals surface area (Å²) in [6.45, 7) is 14.7. The molecule has 1 heteroatoms. The van der Waals surface area contributed by atoms with Crippen molar-refractivity contribution in [2.24, 2.45) is 16.2 Å². The monoisotopic (exact) mass is 265 g/mol. The van der Waals surface area contributed by atoms with Gasteiger partial charge in [0.2, 0.25) is 0 Å². The molecule has 0 unspecified atom stereocenters. The molecule has 1 nitrogen and oxygen atoms in total. The molecular formula is C18H35N. The molecular weight excluding hydrogens is 230 g/mol. The molecule has 2 aliphatic carbocycles. The first-order valence-corrected chi connectivity index (χ1v) is 8.33. The summed E-state index contributed by atoms with van der Waals surface area (Å²) in [7, 11) is 0. The number of nitrogens with one attached hydrogen (secondary N) is 1. The first-order chi connectivity index (χ1) is 8.57. The molecule has 1 N–H and O–H groups in total. The van der Waals surface area contributed by atoms with E-state index in [0.29, 0.717) is 16.2 Å². The minimum absolute atomic E-state index is 0.507. The van der Waals surface area contributed by atoms with Crippen molar-refractivity contribution < 1.29 is 0 Å². The van der Waals surface area contributed by atoms with Crippen LogP contribution < -0.4 is 5.32 Å². The fourth-order valence-corrected chi connectivity index (χ4v) is 4.86. The van der Waals surface area contributed by atoms with Crippen LogP contribution in [0, 0.1) is 16.2 Å². The van der Waals surface area contributed by atoms with Gasteiger partial charge in [0, 0.05) is 12.1 Å². The maximum atomic E-state index is 4.01. The first-order valence-electron chi connectivity index (χ1n) is 8.33. The van der Waals surface area contributed by atoms with Gasteiger partial charge >= 0.3 is 0 Å². The van der Waals surface area contributed by atoms with Crippen LogP contribution in [0.1, 0.15) is 86.5 Å². The van der Waals surface area contributed by atoms with Crippen molar-refractivity contribution >= 4 is 0 Å². The molecule has 0 amide bonds. The Morgan fingerprint density at radius 2 is 1.16 bits per heavy atom. The molecule has 0 atom stereocenters. The second kappa shape index (κ2) is 5.06. The topological polar surface area (TPSA) is 12.0 Å². The highest BCUT2D eigenvalue weighted by Crippen LogP contribution is 2.46. The van der Waals surface area contributed by atoms with E-state index >= 15 is 0 Å². The molecule has 0 radical (unpaired) electrons. The Morgan fingerprint density at radius 3 is 1.63 bits per heavy atom. The molecule has 112 valence electrons. The molecule has 0 aromatic heterocycles. The average Bonchev–Trinajstić information content (AvgIpc) is 2.16. The van der Waals surface area contributed by atoms with E-state index in [1.165, 1.54) is 44.9 Å². The maximum Gasteiger partial charge on any atom is 0.00798 e. The Kier molecular flexibility index (Phi) is 4.09. The van der Waals surface area contributed by atoms with Crippen LogP contribution in [-0.4, -0.2) is 12.1 Å². The molecule has 0 aromatic rings. The van der Waals surface area contributed by atoms with Gasteiger partial charge in [-0.25, -0.2) is 0 Å². The summed E-state index contributed by atoms with van der Waals surface area (Å²) < 4.78 is 0. The smallest absolute Gasteiger partial charge is 0.00798 e. The third kappa shape index (κ3) is 4.48. The van der Waals surface area contributed by atoms with Gasteiger partial charge in [-0.2, -0.15) is 0 Å². The van der Waals surface area contributed by atoms with Gasteiger partial charge in [-0.15, -0.1) is 0 Å². The molecule has 19 heavy (non-hydrogen) atoms. The average molecular weight is 265 g/mol. The molecule has 0 aromatic carbocycles. The molecule has 0 heterocycles. The van der Waals surface area contributed by atoms with Crippen molar-refractivity contribution in [2.45, 2.75) is 98.6 Å². The zero-order valence-corrected chi connectivity index (χ0v) is 14.1. The van der Waals surface area contributed by atoms with Gasteiger partial charge in [0.05, 0.1) is 0 Å². The number of hydrogen-bond donors (Lipinski definition) is 1. The van der Waals surface area contributed by atoms with E-state index in [2.05, 4.69) is 46.9 Å². The minimum Gasteiger partial charge on any atom is -0.311 e. The van der Waals surface area contributed by atoms with E-state index in [1.54, 1.807) is 0 Å². The van der Waals surface area contributed by atoms with Crippen LogP contribution in [0.15, 0.2) is 0 Å². The predicted molar refractivity (Wildman–Crippen MR) is 84.4 cm³/mol. The van der Waals surface area contributed by atoms with Gasteiger partial charge in [-0.1, -0.05) is 41.5 Å². The summed E-state index contributed by atoms with van der Waals surface area (Å²) in [6, 6.07) is 1.52. The minimum atomic E-state index is 0.507. The molecule has 2 rings (SSSR count). The normalized spacial score (nSPS) is 31.3. The van der Waals surface area contributed by atoms with Crippen molar-refractivity contribution in [3.05, 3.63) is 0 Å². The van der Waals surface area contributed by atoms with Crippen LogP contribution in [0.2, 0.25) is 0 Å². The summed E-state index contributed by atoms with van der Waals surface area (Å²) in [5, 5.41) is 4.01. The van der Waals surface area contributed by atoms with Gasteiger partial charge in [0.1, 0.15) is 0 Å². The lowest BCUT2D eigenvalue weighted by molar-refractivity contribution is 0.0731. The van der Waals surface area contributed by atoms with E-state index in [9.17, 15) is 0 Å². The van der Waals surface area contributed by atoms with Gasteiger partial charge in [-0.3, -0.25) is 0 Å². The molecule has 0 spiro atoms. The second-order valence-corrected chi connectivity index (χ2v) is 9.72. The van der Waals surface area contributed by atoms with Crippen molar-refractivity contribution in [3.63, 3.8) is 0 Å². The fourth-order valence-electron chi connectivity index (χ4n) is 4.86. The third-order valence-electron chi connectivity index (χ3n) is 5.37. The third-order valence-corrected chi connectivity index (χ3v) is 5.37. The van der Waals surface area contributed by atoms with Gasteiger partial charge < -0.3 is 5.32 Å². The van der Waals surface area contributed by atoms with E-state index in [-0.39, 0.29) is 0 Å². The van der Waals surface area contributed by atoms with E-state index < -0.39 is 0 Å². The van der Waals surface area contributed by atoms with E-state index in [4.69, 9.17) is 0 Å². The molecule has 0 aliphatic heterocycles. The zero-order valence-electron chi connectivity index (χ0n) is 14.1. The predicted octanol–water partition coefficient (Wildman–Crippen LogP) is 5.15. The molecule has 2 aliphatic rings. The van der Waals surface area contributed by atoms with Crippen LogP contribution >= 0.6 is 0 Å². The Labute approximate surface area is 120 Å². The molecule has 0 saturated heterocycles. The Bertz CT molecular complexity index is 288. The fraction of sp³-hybridized carbons (Fsp3) is 1.00. The highest BCUT2D eigenvalue weighted by Gasteiger charge is 2.39. The van der Waals surface area contributed by atoms with Gasteiger partial charge in [0.15, 0.2) is 0 Å². The first kappa shape index (κ1) is 15.4. The van der Waals surface area contributed by atoms with Crippen molar-refractivity contribution in [2.75, 3.05) is 0 Å². The lowest BCUT2D eigenvalue weighted by Gasteiger charge is -2.47. The Hall–Kier alpha value is -0.0400. The lowest BCUT2D eigenvalue weighted by atomic mass is 9.63. The summed E-state index contributed by atoms with van der Waals surface area (Å²) >= 11 is 0. The van der Waals surface area contributed by atoms with Gasteiger partial charge in [0.25, 0.3) is 0 Å². The van der Waals surface area contributed by atoms with Crippen molar-refractivity contribution in [3.8, 4) is 0 Å². The molecule has 2 fully saturated rings. The SMILES string of the molecule is CC1(C)CCC(NC2CC(C)(C)CC(C)(C)C2)CC1. The van der Waals surface area contributed by atoms with E-state index in [1.807, 2.05) is 0 Å². The van der Waals surface area contributed by atoms with Gasteiger partial charge in [-0.05, 0) is 61.2 Å². The van der Waals surface area contributed by atoms with Crippen LogP contribution in [-0.2, 0) is 0 Å².